The van der Waals surface area contributed by atoms with Crippen molar-refractivity contribution in [3.8, 4) is 17.2 Å². The van der Waals surface area contributed by atoms with Gasteiger partial charge in [-0.3, -0.25) is 0 Å². The summed E-state index contributed by atoms with van der Waals surface area (Å²) in [7, 11) is 1.65. The Morgan fingerprint density at radius 1 is 1.19 bits per heavy atom. The predicted octanol–water partition coefficient (Wildman–Crippen LogP) is 4.68. The molecule has 0 unspecified atom stereocenters. The average Bonchev–Trinajstić information content (AvgIpc) is 2.62. The van der Waals surface area contributed by atoms with Crippen LogP contribution in [0.25, 0.3) is 0 Å². The third-order valence-electron chi connectivity index (χ3n) is 4.41. The second-order valence-corrected chi connectivity index (χ2v) is 7.49. The monoisotopic (exact) mass is 386 g/mol. The number of methoxy groups -OCH3 is 1. The van der Waals surface area contributed by atoms with Gasteiger partial charge in [0.05, 0.1) is 19.8 Å². The number of nitrogens with one attached hydrogen (secondary N) is 2. The van der Waals surface area contributed by atoms with Crippen LogP contribution in [-0.4, -0.2) is 24.4 Å². The topological polar surface area (TPSA) is 51.8 Å². The zero-order valence-electron chi connectivity index (χ0n) is 16.2. The molecule has 5 nitrogen and oxygen atoms in total. The summed E-state index contributed by atoms with van der Waals surface area (Å²) >= 11 is 5.53. The van der Waals surface area contributed by atoms with Crippen LogP contribution in [0.4, 0.5) is 5.69 Å². The Labute approximate surface area is 166 Å². The van der Waals surface area contributed by atoms with E-state index in [9.17, 15) is 0 Å². The highest BCUT2D eigenvalue weighted by molar-refractivity contribution is 7.80. The first-order valence-electron chi connectivity index (χ1n) is 9.07. The van der Waals surface area contributed by atoms with Crippen molar-refractivity contribution in [3.05, 3.63) is 48.0 Å². The van der Waals surface area contributed by atoms with E-state index in [1.807, 2.05) is 49.4 Å². The number of hydrogen-bond acceptors (Lipinski definition) is 4. The average molecular weight is 387 g/mol. The van der Waals surface area contributed by atoms with Crippen molar-refractivity contribution in [2.45, 2.75) is 38.8 Å². The Hall–Kier alpha value is -2.47. The van der Waals surface area contributed by atoms with E-state index in [-0.39, 0.29) is 11.6 Å². The largest absolute Gasteiger partial charge is 0.497 e. The summed E-state index contributed by atoms with van der Waals surface area (Å²) in [5.74, 6) is 2.45. The molecular formula is C21H26N2O3S. The minimum Gasteiger partial charge on any atom is -0.497 e. The molecule has 6 heteroatoms. The number of rotatable bonds is 5. The lowest BCUT2D eigenvalue weighted by Gasteiger charge is -2.38. The molecule has 0 fully saturated rings. The normalized spacial score (nSPS) is 17.3. The van der Waals surface area contributed by atoms with Gasteiger partial charge < -0.3 is 24.8 Å². The van der Waals surface area contributed by atoms with Gasteiger partial charge in [0.25, 0.3) is 0 Å². The first kappa shape index (κ1) is 19.3. The molecule has 0 saturated heterocycles. The molecule has 1 aliphatic heterocycles. The SMILES string of the molecule is CCOc1ccc(NC(=S)N[C@@H]2CC(C)(C)Oc3cc(OC)ccc32)cc1. The molecule has 2 aromatic carbocycles. The molecule has 0 amide bonds. The van der Waals surface area contributed by atoms with Crippen LogP contribution in [0.3, 0.4) is 0 Å². The van der Waals surface area contributed by atoms with Crippen molar-refractivity contribution in [2.75, 3.05) is 19.0 Å². The van der Waals surface area contributed by atoms with Gasteiger partial charge in [-0.05, 0) is 69.4 Å². The number of fused-ring (bicyclic) bond motifs is 1. The summed E-state index contributed by atoms with van der Waals surface area (Å²) < 4.78 is 16.9. The molecule has 2 N–H and O–H groups in total. The molecule has 0 saturated carbocycles. The Morgan fingerprint density at radius 2 is 1.89 bits per heavy atom. The summed E-state index contributed by atoms with van der Waals surface area (Å²) in [6.07, 6.45) is 0.803. The molecule has 0 aromatic heterocycles. The third-order valence-corrected chi connectivity index (χ3v) is 4.63. The lowest BCUT2D eigenvalue weighted by Crippen LogP contribution is -2.42. The number of benzene rings is 2. The van der Waals surface area contributed by atoms with E-state index in [1.54, 1.807) is 7.11 Å². The number of ether oxygens (including phenoxy) is 3. The summed E-state index contributed by atoms with van der Waals surface area (Å²) in [5, 5.41) is 7.24. The molecule has 27 heavy (non-hydrogen) atoms. The molecule has 1 heterocycles. The van der Waals surface area contributed by atoms with Crippen LogP contribution in [0.5, 0.6) is 17.2 Å². The Balaban J connectivity index is 1.71. The smallest absolute Gasteiger partial charge is 0.171 e. The number of hydrogen-bond donors (Lipinski definition) is 2. The van der Waals surface area contributed by atoms with Crippen LogP contribution < -0.4 is 24.8 Å². The molecule has 0 spiro atoms. The van der Waals surface area contributed by atoms with E-state index in [1.165, 1.54) is 0 Å². The molecule has 1 atom stereocenters. The van der Waals surface area contributed by atoms with Crippen molar-refractivity contribution in [1.82, 2.24) is 5.32 Å². The van der Waals surface area contributed by atoms with Gasteiger partial charge in [-0.15, -0.1) is 0 Å². The maximum absolute atomic E-state index is 6.13. The fourth-order valence-electron chi connectivity index (χ4n) is 3.21. The van der Waals surface area contributed by atoms with Crippen LogP contribution >= 0.6 is 12.2 Å². The quantitative estimate of drug-likeness (QED) is 0.728. The van der Waals surface area contributed by atoms with E-state index < -0.39 is 0 Å². The molecular weight excluding hydrogens is 360 g/mol. The molecule has 0 radical (unpaired) electrons. The molecule has 144 valence electrons. The summed E-state index contributed by atoms with van der Waals surface area (Å²) in [5.41, 5.74) is 1.69. The summed E-state index contributed by atoms with van der Waals surface area (Å²) in [6.45, 7) is 6.77. The van der Waals surface area contributed by atoms with Gasteiger partial charge in [0.1, 0.15) is 22.8 Å². The zero-order valence-corrected chi connectivity index (χ0v) is 17.0. The first-order valence-corrected chi connectivity index (χ1v) is 9.48. The standard InChI is InChI=1S/C21H26N2O3S/c1-5-25-15-8-6-14(7-9-15)22-20(27)23-18-13-21(2,3)26-19-12-16(24-4)10-11-17(18)19/h6-12,18H,5,13H2,1-4H3,(H2,22,23,27)/t18-/m1/s1. The molecule has 2 aromatic rings. The highest BCUT2D eigenvalue weighted by atomic mass is 32.1. The van der Waals surface area contributed by atoms with Gasteiger partial charge in [0, 0.05) is 23.7 Å². The van der Waals surface area contributed by atoms with Gasteiger partial charge in [0.2, 0.25) is 0 Å². The van der Waals surface area contributed by atoms with Crippen LogP contribution in [0, 0.1) is 0 Å². The van der Waals surface area contributed by atoms with Gasteiger partial charge in [-0.1, -0.05) is 0 Å². The molecule has 1 aliphatic rings. The van der Waals surface area contributed by atoms with Gasteiger partial charge in [0.15, 0.2) is 5.11 Å². The van der Waals surface area contributed by atoms with Crippen LogP contribution in [-0.2, 0) is 0 Å². The highest BCUT2D eigenvalue weighted by Crippen LogP contribution is 2.41. The number of anilines is 1. The summed E-state index contributed by atoms with van der Waals surface area (Å²) in [6, 6.07) is 13.7. The second kappa shape index (κ2) is 8.05. The third kappa shape index (κ3) is 4.83. The van der Waals surface area contributed by atoms with E-state index >= 15 is 0 Å². The van der Waals surface area contributed by atoms with Crippen molar-refractivity contribution in [3.63, 3.8) is 0 Å². The molecule has 3 rings (SSSR count). The fourth-order valence-corrected chi connectivity index (χ4v) is 3.47. The van der Waals surface area contributed by atoms with E-state index in [2.05, 4.69) is 24.5 Å². The number of thiocarbonyl (C=S) groups is 1. The zero-order chi connectivity index (χ0) is 19.4. The van der Waals surface area contributed by atoms with Crippen molar-refractivity contribution >= 4 is 23.0 Å². The maximum Gasteiger partial charge on any atom is 0.171 e. The van der Waals surface area contributed by atoms with E-state index in [4.69, 9.17) is 26.4 Å². The lowest BCUT2D eigenvalue weighted by molar-refractivity contribution is 0.0693. The van der Waals surface area contributed by atoms with E-state index in [0.717, 1.165) is 34.9 Å². The van der Waals surface area contributed by atoms with Gasteiger partial charge >= 0.3 is 0 Å². The van der Waals surface area contributed by atoms with Crippen molar-refractivity contribution in [1.29, 1.82) is 0 Å². The van der Waals surface area contributed by atoms with Crippen LogP contribution in [0.15, 0.2) is 42.5 Å². The Kier molecular flexibility index (Phi) is 5.75. The highest BCUT2D eigenvalue weighted by Gasteiger charge is 2.34. The maximum atomic E-state index is 6.13. The fraction of sp³-hybridized carbons (Fsp3) is 0.381. The second-order valence-electron chi connectivity index (χ2n) is 7.08. The minimum atomic E-state index is -0.300. The van der Waals surface area contributed by atoms with Gasteiger partial charge in [-0.25, -0.2) is 0 Å². The van der Waals surface area contributed by atoms with Crippen molar-refractivity contribution < 1.29 is 14.2 Å². The molecule has 0 bridgehead atoms. The van der Waals surface area contributed by atoms with Gasteiger partial charge in [-0.2, -0.15) is 0 Å². The Bertz CT molecular complexity index is 806. The predicted molar refractivity (Wildman–Crippen MR) is 112 cm³/mol. The summed E-state index contributed by atoms with van der Waals surface area (Å²) in [4.78, 5) is 0. The minimum absolute atomic E-state index is 0.0531. The Morgan fingerprint density at radius 3 is 2.56 bits per heavy atom. The lowest BCUT2D eigenvalue weighted by atomic mass is 9.89. The van der Waals surface area contributed by atoms with Crippen molar-refractivity contribution in [2.24, 2.45) is 0 Å². The van der Waals surface area contributed by atoms with E-state index in [0.29, 0.717) is 11.7 Å². The molecule has 0 aliphatic carbocycles. The van der Waals surface area contributed by atoms with Crippen LogP contribution in [0.1, 0.15) is 38.8 Å². The van der Waals surface area contributed by atoms with Crippen LogP contribution in [0.2, 0.25) is 0 Å². The first-order chi connectivity index (χ1) is 12.9.